The van der Waals surface area contributed by atoms with Crippen molar-refractivity contribution < 1.29 is 14.3 Å². The van der Waals surface area contributed by atoms with Crippen LogP contribution in [0.4, 0.5) is 11.4 Å². The van der Waals surface area contributed by atoms with Crippen molar-refractivity contribution in [1.29, 1.82) is 0 Å². The minimum Gasteiger partial charge on any atom is -0.377 e. The minimum atomic E-state index is -0.493. The Morgan fingerprint density at radius 2 is 1.65 bits per heavy atom. The number of nitrogens with zero attached hydrogens (tertiary/aromatic N) is 3. The van der Waals surface area contributed by atoms with Gasteiger partial charge in [0.15, 0.2) is 12.4 Å². The molecule has 6 heteroatoms. The van der Waals surface area contributed by atoms with Crippen molar-refractivity contribution in [3.63, 3.8) is 0 Å². The van der Waals surface area contributed by atoms with Crippen molar-refractivity contribution >= 4 is 17.3 Å². The Morgan fingerprint density at radius 3 is 2.10 bits per heavy atom. The number of hydrogen-bond acceptors (Lipinski definition) is 4. The van der Waals surface area contributed by atoms with E-state index in [1.54, 1.807) is 12.4 Å². The maximum absolute atomic E-state index is 12.2. The number of benzene rings is 1. The molecule has 0 fully saturated rings. The summed E-state index contributed by atoms with van der Waals surface area (Å²) in [5.41, 5.74) is 1.35. The lowest BCUT2D eigenvalue weighted by atomic mass is 10.2. The number of non-ortho nitro benzene ring substituents is 1. The fraction of sp³-hybridized carbons (Fsp3) is 0.143. The molecule has 1 aromatic carbocycles. The SMILES string of the molecule is CN(C)c1cc[n+](C(=O)c2ccc([N+](=O)[O-])cc2)cc1. The van der Waals surface area contributed by atoms with E-state index in [1.807, 2.05) is 31.1 Å². The van der Waals surface area contributed by atoms with Crippen molar-refractivity contribution in [2.45, 2.75) is 0 Å². The van der Waals surface area contributed by atoms with Crippen molar-refractivity contribution in [3.8, 4) is 0 Å². The van der Waals surface area contributed by atoms with E-state index in [-0.39, 0.29) is 11.6 Å². The quantitative estimate of drug-likeness (QED) is 0.484. The highest BCUT2D eigenvalue weighted by Gasteiger charge is 2.18. The number of rotatable bonds is 3. The number of carbonyl (C=O) groups is 1. The summed E-state index contributed by atoms with van der Waals surface area (Å²) in [6, 6.07) is 9.19. The number of hydrogen-bond donors (Lipinski definition) is 0. The zero-order valence-corrected chi connectivity index (χ0v) is 11.2. The lowest BCUT2D eigenvalue weighted by Gasteiger charge is -2.09. The van der Waals surface area contributed by atoms with Gasteiger partial charge in [-0.3, -0.25) is 10.1 Å². The Balaban J connectivity index is 2.24. The summed E-state index contributed by atoms with van der Waals surface area (Å²) in [6.45, 7) is 0. The molecule has 0 N–H and O–H groups in total. The van der Waals surface area contributed by atoms with Crippen LogP contribution in [0.3, 0.4) is 0 Å². The van der Waals surface area contributed by atoms with Crippen molar-refractivity contribution in [2.75, 3.05) is 19.0 Å². The Hall–Kier alpha value is -2.76. The molecule has 2 rings (SSSR count). The van der Waals surface area contributed by atoms with Gasteiger partial charge in [-0.2, -0.15) is 0 Å². The zero-order chi connectivity index (χ0) is 14.7. The van der Waals surface area contributed by atoms with Crippen LogP contribution >= 0.6 is 0 Å². The van der Waals surface area contributed by atoms with E-state index in [0.29, 0.717) is 5.56 Å². The van der Waals surface area contributed by atoms with Gasteiger partial charge in [0.05, 0.1) is 10.5 Å². The monoisotopic (exact) mass is 272 g/mol. The Bertz CT molecular complexity index is 634. The number of anilines is 1. The molecule has 0 aliphatic carbocycles. The van der Waals surface area contributed by atoms with Crippen LogP contribution in [0.25, 0.3) is 0 Å². The van der Waals surface area contributed by atoms with Gasteiger partial charge in [-0.1, -0.05) is 0 Å². The highest BCUT2D eigenvalue weighted by molar-refractivity contribution is 5.87. The standard InChI is InChI=1S/C14H14N3O3/c1-15(2)12-7-9-16(10-8-12)14(18)11-3-5-13(6-4-11)17(19)20/h3-10H,1-2H3/q+1. The molecule has 0 unspecified atom stereocenters. The number of pyridine rings is 1. The molecule has 0 spiro atoms. The van der Waals surface area contributed by atoms with Gasteiger partial charge >= 0.3 is 5.91 Å². The minimum absolute atomic E-state index is 0.0329. The number of aromatic nitrogens is 1. The topological polar surface area (TPSA) is 67.3 Å². The molecule has 1 heterocycles. The molecular formula is C14H14N3O3+. The van der Waals surface area contributed by atoms with Gasteiger partial charge in [0.1, 0.15) is 0 Å². The second-order valence-electron chi connectivity index (χ2n) is 4.47. The van der Waals surface area contributed by atoms with Gasteiger partial charge in [-0.15, -0.1) is 4.57 Å². The molecule has 0 saturated carbocycles. The fourth-order valence-electron chi connectivity index (χ4n) is 1.73. The summed E-state index contributed by atoms with van der Waals surface area (Å²) in [4.78, 5) is 24.2. The maximum Gasteiger partial charge on any atom is 0.424 e. The molecule has 0 atom stereocenters. The van der Waals surface area contributed by atoms with E-state index in [4.69, 9.17) is 0 Å². The second-order valence-corrected chi connectivity index (χ2v) is 4.47. The van der Waals surface area contributed by atoms with Gasteiger partial charge < -0.3 is 4.90 Å². The number of nitro groups is 1. The highest BCUT2D eigenvalue weighted by Crippen LogP contribution is 2.12. The lowest BCUT2D eigenvalue weighted by molar-refractivity contribution is -0.570. The summed E-state index contributed by atoms with van der Waals surface area (Å²) in [7, 11) is 3.83. The third-order valence-electron chi connectivity index (χ3n) is 2.89. The van der Waals surface area contributed by atoms with Crippen LogP contribution in [-0.4, -0.2) is 24.9 Å². The van der Waals surface area contributed by atoms with Gasteiger partial charge in [-0.05, 0) is 12.1 Å². The molecule has 0 saturated heterocycles. The Morgan fingerprint density at radius 1 is 1.10 bits per heavy atom. The Labute approximate surface area is 116 Å². The van der Waals surface area contributed by atoms with Gasteiger partial charge in [-0.25, -0.2) is 4.79 Å². The molecule has 0 bridgehead atoms. The van der Waals surface area contributed by atoms with Crippen molar-refractivity contribution in [3.05, 3.63) is 64.5 Å². The summed E-state index contributed by atoms with van der Waals surface area (Å²) >= 11 is 0. The maximum atomic E-state index is 12.2. The first-order valence-corrected chi connectivity index (χ1v) is 5.97. The third-order valence-corrected chi connectivity index (χ3v) is 2.89. The molecule has 20 heavy (non-hydrogen) atoms. The van der Waals surface area contributed by atoms with Crippen LogP contribution in [0.15, 0.2) is 48.8 Å². The molecular weight excluding hydrogens is 258 g/mol. The first-order valence-electron chi connectivity index (χ1n) is 5.97. The van der Waals surface area contributed by atoms with Crippen molar-refractivity contribution in [1.82, 2.24) is 0 Å². The third kappa shape index (κ3) is 2.80. The van der Waals surface area contributed by atoms with E-state index in [2.05, 4.69) is 0 Å². The molecule has 0 aliphatic rings. The van der Waals surface area contributed by atoms with E-state index in [9.17, 15) is 14.9 Å². The van der Waals surface area contributed by atoms with Crippen LogP contribution in [0, 0.1) is 10.1 Å². The smallest absolute Gasteiger partial charge is 0.377 e. The predicted octanol–water partition coefficient (Wildman–Crippen LogP) is 1.64. The molecule has 0 amide bonds. The molecule has 6 nitrogen and oxygen atoms in total. The largest absolute Gasteiger partial charge is 0.424 e. The molecule has 2 aromatic rings. The fourth-order valence-corrected chi connectivity index (χ4v) is 1.73. The van der Waals surface area contributed by atoms with Crippen LogP contribution in [0.5, 0.6) is 0 Å². The molecule has 102 valence electrons. The molecule has 0 aliphatic heterocycles. The van der Waals surface area contributed by atoms with Gasteiger partial charge in [0.25, 0.3) is 5.69 Å². The van der Waals surface area contributed by atoms with Crippen LogP contribution in [-0.2, 0) is 0 Å². The summed E-state index contributed by atoms with van der Waals surface area (Å²) in [6.07, 6.45) is 3.33. The normalized spacial score (nSPS) is 10.1. The predicted molar refractivity (Wildman–Crippen MR) is 73.8 cm³/mol. The first kappa shape index (κ1) is 13.7. The summed E-state index contributed by atoms with van der Waals surface area (Å²) < 4.78 is 1.44. The van der Waals surface area contributed by atoms with Crippen LogP contribution < -0.4 is 9.47 Å². The highest BCUT2D eigenvalue weighted by atomic mass is 16.6. The van der Waals surface area contributed by atoms with E-state index < -0.39 is 4.92 Å². The number of nitro benzene ring substituents is 1. The van der Waals surface area contributed by atoms with E-state index in [0.717, 1.165) is 5.69 Å². The molecule has 0 radical (unpaired) electrons. The Kier molecular flexibility index (Phi) is 3.74. The van der Waals surface area contributed by atoms with Crippen LogP contribution in [0.1, 0.15) is 10.4 Å². The first-order chi connectivity index (χ1) is 9.49. The second kappa shape index (κ2) is 5.48. The zero-order valence-electron chi connectivity index (χ0n) is 11.2. The number of carbonyl (C=O) groups excluding carboxylic acids is 1. The summed E-state index contributed by atoms with van der Waals surface area (Å²) in [5, 5.41) is 10.6. The average Bonchev–Trinajstić information content (AvgIpc) is 2.46. The average molecular weight is 272 g/mol. The van der Waals surface area contributed by atoms with E-state index >= 15 is 0 Å². The van der Waals surface area contributed by atoms with Gasteiger partial charge in [0.2, 0.25) is 0 Å². The lowest BCUT2D eigenvalue weighted by Crippen LogP contribution is -2.42. The molecule has 1 aromatic heterocycles. The van der Waals surface area contributed by atoms with E-state index in [1.165, 1.54) is 28.8 Å². The van der Waals surface area contributed by atoms with Crippen LogP contribution in [0.2, 0.25) is 0 Å². The summed E-state index contributed by atoms with van der Waals surface area (Å²) in [5.74, 6) is -0.231. The van der Waals surface area contributed by atoms with Gasteiger partial charge in [0, 0.05) is 44.0 Å². The van der Waals surface area contributed by atoms with Crippen molar-refractivity contribution in [2.24, 2.45) is 0 Å².